The van der Waals surface area contributed by atoms with Crippen molar-refractivity contribution in [2.24, 2.45) is 0 Å². The lowest BCUT2D eigenvalue weighted by Gasteiger charge is -2.32. The number of methoxy groups -OCH3 is 1. The standard InChI is InChI=1S/C22H25N3O7S/c1-31-17-10-12-18(13-11-17)33(29,30)25-14-6-5-9-19(20(25)21(26)24-28)23-22(27)32-15-16-7-3-2-4-8-16/h2-8,10-13,19-20,28H,9,14-15H2,1H3,(H,23,27)(H,24,26). The third-order valence-electron chi connectivity index (χ3n) is 5.09. The summed E-state index contributed by atoms with van der Waals surface area (Å²) < 4.78 is 37.9. The minimum atomic E-state index is -4.18. The van der Waals surface area contributed by atoms with Crippen LogP contribution in [0.5, 0.6) is 5.75 Å². The van der Waals surface area contributed by atoms with E-state index in [-0.39, 0.29) is 24.5 Å². The van der Waals surface area contributed by atoms with Crippen molar-refractivity contribution in [2.75, 3.05) is 13.7 Å². The molecule has 3 N–H and O–H groups in total. The highest BCUT2D eigenvalue weighted by molar-refractivity contribution is 7.89. The van der Waals surface area contributed by atoms with E-state index in [1.54, 1.807) is 36.4 Å². The molecule has 1 aliphatic heterocycles. The molecule has 0 saturated heterocycles. The van der Waals surface area contributed by atoms with E-state index in [1.165, 1.54) is 36.9 Å². The van der Waals surface area contributed by atoms with Gasteiger partial charge >= 0.3 is 6.09 Å². The molecule has 0 radical (unpaired) electrons. The van der Waals surface area contributed by atoms with Crippen molar-refractivity contribution >= 4 is 22.0 Å². The molecule has 2 unspecified atom stereocenters. The predicted octanol–water partition coefficient (Wildman–Crippen LogP) is 1.81. The smallest absolute Gasteiger partial charge is 0.407 e. The van der Waals surface area contributed by atoms with Gasteiger partial charge < -0.3 is 14.8 Å². The van der Waals surface area contributed by atoms with E-state index in [1.807, 2.05) is 6.07 Å². The van der Waals surface area contributed by atoms with E-state index >= 15 is 0 Å². The second kappa shape index (κ2) is 10.9. The number of amides is 2. The molecule has 1 heterocycles. The number of hydroxylamine groups is 1. The third kappa shape index (κ3) is 5.89. The minimum Gasteiger partial charge on any atom is -0.497 e. The summed E-state index contributed by atoms with van der Waals surface area (Å²) in [5.74, 6) is -0.515. The zero-order chi connectivity index (χ0) is 23.8. The minimum absolute atomic E-state index is 0.0000428. The molecule has 0 saturated carbocycles. The highest BCUT2D eigenvalue weighted by atomic mass is 32.2. The first-order valence-corrected chi connectivity index (χ1v) is 11.5. The summed E-state index contributed by atoms with van der Waals surface area (Å²) in [7, 11) is -2.72. The molecule has 0 aromatic heterocycles. The Hall–Kier alpha value is -3.41. The van der Waals surface area contributed by atoms with Crippen molar-refractivity contribution < 1.29 is 32.7 Å². The molecule has 0 aliphatic carbocycles. The summed E-state index contributed by atoms with van der Waals surface area (Å²) in [6, 6.07) is 12.3. The molecule has 176 valence electrons. The van der Waals surface area contributed by atoms with Crippen LogP contribution in [0.1, 0.15) is 12.0 Å². The molecule has 3 rings (SSSR count). The summed E-state index contributed by atoms with van der Waals surface area (Å²) in [4.78, 5) is 24.9. The molecule has 0 bridgehead atoms. The fourth-order valence-corrected chi connectivity index (χ4v) is 5.00. The first-order valence-electron chi connectivity index (χ1n) is 10.1. The van der Waals surface area contributed by atoms with Crippen molar-refractivity contribution in [1.29, 1.82) is 0 Å². The average Bonchev–Trinajstić information content (AvgIpc) is 3.06. The Labute approximate surface area is 191 Å². The van der Waals surface area contributed by atoms with Crippen LogP contribution in [0.25, 0.3) is 0 Å². The number of hydrogen-bond donors (Lipinski definition) is 3. The van der Waals surface area contributed by atoms with Crippen molar-refractivity contribution in [1.82, 2.24) is 15.1 Å². The van der Waals surface area contributed by atoms with Crippen molar-refractivity contribution in [3.05, 3.63) is 72.3 Å². The van der Waals surface area contributed by atoms with Crippen molar-refractivity contribution in [2.45, 2.75) is 30.0 Å². The van der Waals surface area contributed by atoms with Crippen LogP contribution in [-0.4, -0.2) is 55.7 Å². The number of sulfonamides is 1. The summed E-state index contributed by atoms with van der Waals surface area (Å²) in [6.07, 6.45) is 2.56. The van der Waals surface area contributed by atoms with Crippen molar-refractivity contribution in [3.63, 3.8) is 0 Å². The van der Waals surface area contributed by atoms with E-state index < -0.39 is 34.1 Å². The zero-order valence-corrected chi connectivity index (χ0v) is 18.7. The third-order valence-corrected chi connectivity index (χ3v) is 6.96. The quantitative estimate of drug-likeness (QED) is 0.316. The van der Waals surface area contributed by atoms with Gasteiger partial charge in [-0.1, -0.05) is 42.5 Å². The number of benzene rings is 2. The number of rotatable bonds is 7. The van der Waals surface area contributed by atoms with Gasteiger partial charge in [0, 0.05) is 6.54 Å². The lowest BCUT2D eigenvalue weighted by Crippen LogP contribution is -2.59. The van der Waals surface area contributed by atoms with Gasteiger partial charge in [-0.15, -0.1) is 0 Å². The molecule has 2 aromatic carbocycles. The Balaban J connectivity index is 1.83. The van der Waals surface area contributed by atoms with E-state index in [2.05, 4.69) is 5.32 Å². The van der Waals surface area contributed by atoms with Crippen LogP contribution in [-0.2, 0) is 26.2 Å². The number of alkyl carbamates (subject to hydrolysis) is 1. The molecule has 0 spiro atoms. The normalized spacial score (nSPS) is 18.7. The SMILES string of the molecule is COc1ccc(S(=O)(=O)N2CC=CCC(NC(=O)OCc3ccccc3)C2C(=O)NO)cc1. The van der Waals surface area contributed by atoms with Gasteiger partial charge in [0.15, 0.2) is 0 Å². The Bertz CT molecular complexity index is 1090. The van der Waals surface area contributed by atoms with Crippen LogP contribution >= 0.6 is 0 Å². The molecule has 10 nitrogen and oxygen atoms in total. The molecule has 11 heteroatoms. The second-order valence-electron chi connectivity index (χ2n) is 7.19. The second-order valence-corrected chi connectivity index (χ2v) is 9.08. The fraction of sp³-hybridized carbons (Fsp3) is 0.273. The van der Waals surface area contributed by atoms with Gasteiger partial charge in [0.25, 0.3) is 5.91 Å². The summed E-state index contributed by atoms with van der Waals surface area (Å²) in [5.41, 5.74) is 2.28. The Morgan fingerprint density at radius 1 is 1.09 bits per heavy atom. The van der Waals surface area contributed by atoms with Gasteiger partial charge in [-0.25, -0.2) is 18.7 Å². The largest absolute Gasteiger partial charge is 0.497 e. The van der Waals surface area contributed by atoms with Gasteiger partial charge in [0.05, 0.1) is 18.0 Å². The van der Waals surface area contributed by atoms with Crippen LogP contribution in [0.4, 0.5) is 4.79 Å². The number of hydrogen-bond acceptors (Lipinski definition) is 7. The van der Waals surface area contributed by atoms with Crippen LogP contribution < -0.4 is 15.5 Å². The van der Waals surface area contributed by atoms with Crippen molar-refractivity contribution in [3.8, 4) is 5.75 Å². The first kappa shape index (κ1) is 24.2. The molecular weight excluding hydrogens is 450 g/mol. The fourth-order valence-electron chi connectivity index (χ4n) is 3.43. The summed E-state index contributed by atoms with van der Waals surface area (Å²) in [5, 5.41) is 11.9. The van der Waals surface area contributed by atoms with Gasteiger partial charge in [0.2, 0.25) is 10.0 Å². The molecule has 1 aliphatic rings. The molecule has 2 atom stereocenters. The lowest BCUT2D eigenvalue weighted by molar-refractivity contribution is -0.133. The van der Waals surface area contributed by atoms with Gasteiger partial charge in [-0.3, -0.25) is 10.0 Å². The van der Waals surface area contributed by atoms with Gasteiger partial charge in [-0.05, 0) is 36.2 Å². The predicted molar refractivity (Wildman–Crippen MR) is 118 cm³/mol. The maximum Gasteiger partial charge on any atom is 0.407 e. The Kier molecular flexibility index (Phi) is 8.04. The average molecular weight is 476 g/mol. The molecular formula is C22H25N3O7S. The van der Waals surface area contributed by atoms with E-state index in [9.17, 15) is 23.2 Å². The molecule has 2 aromatic rings. The summed E-state index contributed by atoms with van der Waals surface area (Å²) >= 11 is 0. The highest BCUT2D eigenvalue weighted by Crippen LogP contribution is 2.25. The topological polar surface area (TPSA) is 134 Å². The van der Waals surface area contributed by atoms with Crippen LogP contribution in [0.2, 0.25) is 0 Å². The monoisotopic (exact) mass is 475 g/mol. The molecule has 33 heavy (non-hydrogen) atoms. The summed E-state index contributed by atoms with van der Waals surface area (Å²) in [6.45, 7) is -0.135. The highest BCUT2D eigenvalue weighted by Gasteiger charge is 2.42. The van der Waals surface area contributed by atoms with Crippen LogP contribution in [0, 0.1) is 0 Å². The number of nitrogens with one attached hydrogen (secondary N) is 2. The maximum absolute atomic E-state index is 13.4. The van der Waals surface area contributed by atoms with Gasteiger partial charge in [0.1, 0.15) is 18.4 Å². The number of nitrogens with zero attached hydrogens (tertiary/aromatic N) is 1. The lowest BCUT2D eigenvalue weighted by atomic mass is 10.1. The number of carbonyl (C=O) groups is 2. The van der Waals surface area contributed by atoms with Gasteiger partial charge in [-0.2, -0.15) is 4.31 Å². The Morgan fingerprint density at radius 3 is 2.42 bits per heavy atom. The maximum atomic E-state index is 13.4. The number of ether oxygens (including phenoxy) is 2. The zero-order valence-electron chi connectivity index (χ0n) is 17.9. The molecule has 0 fully saturated rings. The van der Waals surface area contributed by atoms with E-state index in [4.69, 9.17) is 9.47 Å². The number of carbonyl (C=O) groups excluding carboxylic acids is 2. The Morgan fingerprint density at radius 2 is 1.79 bits per heavy atom. The van der Waals surface area contributed by atoms with E-state index in [0.717, 1.165) is 9.87 Å². The van der Waals surface area contributed by atoms with Crippen LogP contribution in [0.15, 0.2) is 71.6 Å². The first-order chi connectivity index (χ1) is 15.9. The van der Waals surface area contributed by atoms with E-state index in [0.29, 0.717) is 5.75 Å². The van der Waals surface area contributed by atoms with Crippen LogP contribution in [0.3, 0.4) is 0 Å². The molecule has 2 amide bonds.